The van der Waals surface area contributed by atoms with Crippen molar-refractivity contribution in [1.29, 1.82) is 0 Å². The lowest BCUT2D eigenvalue weighted by Gasteiger charge is -2.16. The highest BCUT2D eigenvalue weighted by Gasteiger charge is 2.20. The average molecular weight is 245 g/mol. The number of hydrogen-bond donors (Lipinski definition) is 3. The van der Waals surface area contributed by atoms with E-state index in [1.807, 2.05) is 18.2 Å². The molecule has 0 aromatic heterocycles. The van der Waals surface area contributed by atoms with Gasteiger partial charge in [-0.3, -0.25) is 15.4 Å². The number of imide groups is 1. The SMILES string of the molecule is C#CCN[C@@H](C(=O)NC(=O)NC)c1ccccc1. The molecule has 1 rings (SSSR count). The maximum atomic E-state index is 11.9. The predicted molar refractivity (Wildman–Crippen MR) is 68.6 cm³/mol. The monoisotopic (exact) mass is 245 g/mol. The van der Waals surface area contributed by atoms with Gasteiger partial charge in [0, 0.05) is 7.05 Å². The molecule has 1 aromatic rings. The van der Waals surface area contributed by atoms with Crippen molar-refractivity contribution in [1.82, 2.24) is 16.0 Å². The second-order valence-electron chi connectivity index (χ2n) is 3.50. The quantitative estimate of drug-likeness (QED) is 0.673. The first-order chi connectivity index (χ1) is 8.69. The van der Waals surface area contributed by atoms with Gasteiger partial charge in [-0.1, -0.05) is 36.3 Å². The Morgan fingerprint density at radius 2 is 2.00 bits per heavy atom. The Balaban J connectivity index is 2.82. The topological polar surface area (TPSA) is 70.2 Å². The Morgan fingerprint density at radius 1 is 1.33 bits per heavy atom. The molecule has 3 amide bonds. The van der Waals surface area contributed by atoms with Crippen LogP contribution in [0.1, 0.15) is 11.6 Å². The number of nitrogens with one attached hydrogen (secondary N) is 3. The van der Waals surface area contributed by atoms with E-state index in [4.69, 9.17) is 6.42 Å². The van der Waals surface area contributed by atoms with Gasteiger partial charge >= 0.3 is 6.03 Å². The number of hydrogen-bond acceptors (Lipinski definition) is 3. The van der Waals surface area contributed by atoms with E-state index in [1.165, 1.54) is 7.05 Å². The van der Waals surface area contributed by atoms with Crippen molar-refractivity contribution in [2.75, 3.05) is 13.6 Å². The van der Waals surface area contributed by atoms with Gasteiger partial charge in [-0.25, -0.2) is 4.79 Å². The molecule has 0 spiro atoms. The zero-order chi connectivity index (χ0) is 13.4. The third-order valence-electron chi connectivity index (χ3n) is 2.27. The van der Waals surface area contributed by atoms with Gasteiger partial charge in [-0.2, -0.15) is 0 Å². The van der Waals surface area contributed by atoms with Crippen molar-refractivity contribution >= 4 is 11.9 Å². The largest absolute Gasteiger partial charge is 0.341 e. The Morgan fingerprint density at radius 3 is 2.56 bits per heavy atom. The first-order valence-corrected chi connectivity index (χ1v) is 5.43. The number of urea groups is 1. The van der Waals surface area contributed by atoms with Crippen molar-refractivity contribution in [3.8, 4) is 12.3 Å². The second-order valence-corrected chi connectivity index (χ2v) is 3.50. The molecule has 0 aliphatic carbocycles. The molecule has 1 atom stereocenters. The molecular formula is C13H15N3O2. The highest BCUT2D eigenvalue weighted by Crippen LogP contribution is 2.12. The lowest BCUT2D eigenvalue weighted by molar-refractivity contribution is -0.122. The normalized spacial score (nSPS) is 11.1. The minimum absolute atomic E-state index is 0.237. The van der Waals surface area contributed by atoms with Crippen LogP contribution < -0.4 is 16.0 Å². The third-order valence-corrected chi connectivity index (χ3v) is 2.27. The van der Waals surface area contributed by atoms with Gasteiger partial charge < -0.3 is 5.32 Å². The standard InChI is InChI=1S/C13H15N3O2/c1-3-9-15-11(10-7-5-4-6-8-10)12(17)16-13(18)14-2/h1,4-8,11,15H,9H2,2H3,(H2,14,16,17,18)/t11-/m1/s1. The summed E-state index contributed by atoms with van der Waals surface area (Å²) in [7, 11) is 1.44. The van der Waals surface area contributed by atoms with Crippen molar-refractivity contribution < 1.29 is 9.59 Å². The minimum Gasteiger partial charge on any atom is -0.341 e. The summed E-state index contributed by atoms with van der Waals surface area (Å²) in [5.41, 5.74) is 0.745. The molecule has 0 aliphatic heterocycles. The Labute approximate surface area is 106 Å². The summed E-state index contributed by atoms with van der Waals surface area (Å²) in [5.74, 6) is 1.95. The predicted octanol–water partition coefficient (Wildman–Crippen LogP) is 0.406. The summed E-state index contributed by atoms with van der Waals surface area (Å²) in [6.07, 6.45) is 5.16. The molecular weight excluding hydrogens is 230 g/mol. The van der Waals surface area contributed by atoms with Crippen LogP contribution in [0.4, 0.5) is 4.79 Å². The molecule has 0 radical (unpaired) electrons. The van der Waals surface area contributed by atoms with Crippen LogP contribution in [0.2, 0.25) is 0 Å². The summed E-state index contributed by atoms with van der Waals surface area (Å²) in [5, 5.41) is 7.42. The first kappa shape index (κ1) is 13.7. The van der Waals surface area contributed by atoms with Crippen LogP contribution in [0.25, 0.3) is 0 Å². The maximum Gasteiger partial charge on any atom is 0.321 e. The molecule has 5 nitrogen and oxygen atoms in total. The zero-order valence-corrected chi connectivity index (χ0v) is 10.1. The number of carbonyl (C=O) groups is 2. The molecule has 0 bridgehead atoms. The molecule has 0 unspecified atom stereocenters. The number of benzene rings is 1. The van der Waals surface area contributed by atoms with Crippen molar-refractivity contribution in [2.24, 2.45) is 0 Å². The minimum atomic E-state index is -0.653. The molecule has 94 valence electrons. The fourth-order valence-corrected chi connectivity index (χ4v) is 1.41. The van der Waals surface area contributed by atoms with Gasteiger partial charge in [0.2, 0.25) is 5.91 Å². The summed E-state index contributed by atoms with van der Waals surface area (Å²) in [6.45, 7) is 0.237. The van der Waals surface area contributed by atoms with Gasteiger partial charge in [-0.15, -0.1) is 6.42 Å². The fourth-order valence-electron chi connectivity index (χ4n) is 1.41. The Hall–Kier alpha value is -2.32. The van der Waals surface area contributed by atoms with Crippen molar-refractivity contribution in [3.05, 3.63) is 35.9 Å². The smallest absolute Gasteiger partial charge is 0.321 e. The van der Waals surface area contributed by atoms with Crippen LogP contribution in [0.3, 0.4) is 0 Å². The molecule has 0 saturated carbocycles. The van der Waals surface area contributed by atoms with Gasteiger partial charge in [0.25, 0.3) is 0 Å². The second kappa shape index (κ2) is 7.09. The van der Waals surface area contributed by atoms with Crippen LogP contribution in [0.5, 0.6) is 0 Å². The Kier molecular flexibility index (Phi) is 5.42. The van der Waals surface area contributed by atoms with Crippen molar-refractivity contribution in [3.63, 3.8) is 0 Å². The van der Waals surface area contributed by atoms with E-state index < -0.39 is 18.0 Å². The highest BCUT2D eigenvalue weighted by atomic mass is 16.2. The summed E-state index contributed by atoms with van der Waals surface area (Å²) in [6, 6.07) is 7.84. The molecule has 18 heavy (non-hydrogen) atoms. The number of rotatable bonds is 4. The first-order valence-electron chi connectivity index (χ1n) is 5.43. The number of terminal acetylenes is 1. The van der Waals surface area contributed by atoms with E-state index in [2.05, 4.69) is 21.9 Å². The van der Waals surface area contributed by atoms with Crippen LogP contribution in [0.15, 0.2) is 30.3 Å². The van der Waals surface area contributed by atoms with Gasteiger partial charge in [-0.05, 0) is 5.56 Å². The number of carbonyl (C=O) groups excluding carboxylic acids is 2. The van der Waals surface area contributed by atoms with Crippen molar-refractivity contribution in [2.45, 2.75) is 6.04 Å². The van der Waals surface area contributed by atoms with Crippen LogP contribution in [-0.2, 0) is 4.79 Å². The average Bonchev–Trinajstić information content (AvgIpc) is 2.40. The molecule has 0 fully saturated rings. The van der Waals surface area contributed by atoms with Gasteiger partial charge in [0.1, 0.15) is 6.04 Å². The van der Waals surface area contributed by atoms with Gasteiger partial charge in [0.05, 0.1) is 6.54 Å². The van der Waals surface area contributed by atoms with E-state index in [0.717, 1.165) is 5.56 Å². The van der Waals surface area contributed by atoms with Gasteiger partial charge in [0.15, 0.2) is 0 Å². The molecule has 0 saturated heterocycles. The van der Waals surface area contributed by atoms with E-state index >= 15 is 0 Å². The molecule has 5 heteroatoms. The third kappa shape index (κ3) is 3.92. The van der Waals surface area contributed by atoms with Crippen LogP contribution >= 0.6 is 0 Å². The van der Waals surface area contributed by atoms with E-state index in [-0.39, 0.29) is 6.54 Å². The number of amides is 3. The summed E-state index contributed by atoms with van der Waals surface area (Å²) in [4.78, 5) is 23.0. The van der Waals surface area contributed by atoms with E-state index in [0.29, 0.717) is 0 Å². The fraction of sp³-hybridized carbons (Fsp3) is 0.231. The zero-order valence-electron chi connectivity index (χ0n) is 10.1. The molecule has 3 N–H and O–H groups in total. The molecule has 0 aliphatic rings. The Bertz CT molecular complexity index is 451. The van der Waals surface area contributed by atoms with Crippen LogP contribution in [0, 0.1) is 12.3 Å². The van der Waals surface area contributed by atoms with E-state index in [9.17, 15) is 9.59 Å². The van der Waals surface area contributed by atoms with E-state index in [1.54, 1.807) is 12.1 Å². The summed E-state index contributed by atoms with van der Waals surface area (Å²) >= 11 is 0. The highest BCUT2D eigenvalue weighted by molar-refractivity contribution is 5.97. The lowest BCUT2D eigenvalue weighted by Crippen LogP contribution is -2.44. The molecule has 0 heterocycles. The summed E-state index contributed by atoms with van der Waals surface area (Å²) < 4.78 is 0. The molecule has 1 aromatic carbocycles. The van der Waals surface area contributed by atoms with Crippen LogP contribution in [-0.4, -0.2) is 25.5 Å². The maximum absolute atomic E-state index is 11.9. The lowest BCUT2D eigenvalue weighted by atomic mass is 10.1.